The van der Waals surface area contributed by atoms with Crippen molar-refractivity contribution in [1.82, 2.24) is 0 Å². The summed E-state index contributed by atoms with van der Waals surface area (Å²) in [7, 11) is 1.56. The van der Waals surface area contributed by atoms with Crippen molar-refractivity contribution in [3.63, 3.8) is 0 Å². The van der Waals surface area contributed by atoms with Crippen LogP contribution in [0.1, 0.15) is 28.6 Å². The van der Waals surface area contributed by atoms with Crippen molar-refractivity contribution < 1.29 is 19.4 Å². The Balaban J connectivity index is 1.89. The summed E-state index contributed by atoms with van der Waals surface area (Å²) in [5.41, 5.74) is 1.16. The number of rotatable bonds is 3. The van der Waals surface area contributed by atoms with Gasteiger partial charge < -0.3 is 19.4 Å². The molecule has 6 nitrogen and oxygen atoms in total. The number of ether oxygens (including phenoxy) is 1. The van der Waals surface area contributed by atoms with Crippen LogP contribution in [0.3, 0.4) is 0 Å². The molecule has 0 radical (unpaired) electrons. The molecule has 1 aliphatic rings. The standard InChI is InChI=1S/C22H19NO5S/c1-12-9-18(25)21(22(26)28-12)16-11-20(14-10-13(27-2)7-8-17(14)24)29-19-6-4-3-5-15(19)23-16/h3-10,20,24-25H,11H2,1-2H3. The van der Waals surface area contributed by atoms with Gasteiger partial charge >= 0.3 is 5.63 Å². The van der Waals surface area contributed by atoms with Crippen LogP contribution in [0.15, 0.2) is 67.6 Å². The molecule has 0 aliphatic carbocycles. The average molecular weight is 409 g/mol. The lowest BCUT2D eigenvalue weighted by molar-refractivity contribution is 0.410. The van der Waals surface area contributed by atoms with Crippen LogP contribution in [0.5, 0.6) is 17.2 Å². The van der Waals surface area contributed by atoms with E-state index in [4.69, 9.17) is 9.15 Å². The summed E-state index contributed by atoms with van der Waals surface area (Å²) in [5.74, 6) is 0.895. The lowest BCUT2D eigenvalue weighted by Gasteiger charge is -2.18. The molecule has 29 heavy (non-hydrogen) atoms. The summed E-state index contributed by atoms with van der Waals surface area (Å²) in [6, 6.07) is 14.0. The van der Waals surface area contributed by atoms with E-state index in [0.29, 0.717) is 34.9 Å². The van der Waals surface area contributed by atoms with E-state index in [2.05, 4.69) is 4.99 Å². The maximum atomic E-state index is 12.5. The molecule has 1 aliphatic heterocycles. The van der Waals surface area contributed by atoms with Crippen LogP contribution in [0, 0.1) is 6.92 Å². The number of hydrogen-bond acceptors (Lipinski definition) is 7. The van der Waals surface area contributed by atoms with Gasteiger partial charge in [-0.05, 0) is 37.3 Å². The number of nitrogens with zero attached hydrogens (tertiary/aromatic N) is 1. The van der Waals surface area contributed by atoms with Crippen molar-refractivity contribution >= 4 is 23.2 Å². The third-order valence-corrected chi connectivity index (χ3v) is 6.00. The predicted octanol–water partition coefficient (Wildman–Crippen LogP) is 4.73. The summed E-state index contributed by atoms with van der Waals surface area (Å²) in [6.07, 6.45) is 0.307. The van der Waals surface area contributed by atoms with Gasteiger partial charge in [-0.2, -0.15) is 0 Å². The molecule has 0 bridgehead atoms. The highest BCUT2D eigenvalue weighted by atomic mass is 32.2. The molecule has 7 heteroatoms. The second-order valence-corrected chi connectivity index (χ2v) is 7.91. The number of fused-ring (bicyclic) bond motifs is 1. The maximum Gasteiger partial charge on any atom is 0.348 e. The number of methoxy groups -OCH3 is 1. The highest BCUT2D eigenvalue weighted by molar-refractivity contribution is 7.99. The zero-order valence-electron chi connectivity index (χ0n) is 15.9. The topological polar surface area (TPSA) is 92.3 Å². The van der Waals surface area contributed by atoms with Gasteiger partial charge in [-0.1, -0.05) is 12.1 Å². The Kier molecular flexibility index (Phi) is 5.07. The quantitative estimate of drug-likeness (QED) is 0.650. The van der Waals surface area contributed by atoms with Gasteiger partial charge in [0.25, 0.3) is 0 Å². The van der Waals surface area contributed by atoms with Crippen LogP contribution >= 0.6 is 11.8 Å². The Hall–Kier alpha value is -3.19. The molecule has 2 N–H and O–H groups in total. The van der Waals surface area contributed by atoms with Gasteiger partial charge in [0.05, 0.1) is 18.5 Å². The van der Waals surface area contributed by atoms with E-state index in [-0.39, 0.29) is 22.3 Å². The third-order valence-electron chi connectivity index (χ3n) is 4.69. The molecule has 4 rings (SSSR count). The van der Waals surface area contributed by atoms with Gasteiger partial charge in [-0.25, -0.2) is 4.79 Å². The van der Waals surface area contributed by atoms with Crippen LogP contribution in [0.4, 0.5) is 5.69 Å². The van der Waals surface area contributed by atoms with E-state index in [1.165, 1.54) is 17.8 Å². The summed E-state index contributed by atoms with van der Waals surface area (Å²) in [6.45, 7) is 1.60. The second kappa shape index (κ2) is 7.67. The fourth-order valence-electron chi connectivity index (χ4n) is 3.32. The zero-order chi connectivity index (χ0) is 20.5. The van der Waals surface area contributed by atoms with Gasteiger partial charge in [-0.15, -0.1) is 11.8 Å². The van der Waals surface area contributed by atoms with Crippen LogP contribution in [-0.4, -0.2) is 23.0 Å². The van der Waals surface area contributed by atoms with E-state index < -0.39 is 5.63 Å². The van der Waals surface area contributed by atoms with E-state index >= 15 is 0 Å². The number of hydrogen-bond donors (Lipinski definition) is 2. The Bertz CT molecular complexity index is 1170. The van der Waals surface area contributed by atoms with E-state index in [1.807, 2.05) is 24.3 Å². The Labute approximate surface area is 171 Å². The van der Waals surface area contributed by atoms with Gasteiger partial charge in [0.1, 0.15) is 28.6 Å². The molecule has 0 saturated carbocycles. The van der Waals surface area contributed by atoms with Crippen molar-refractivity contribution in [3.8, 4) is 17.2 Å². The highest BCUT2D eigenvalue weighted by Gasteiger charge is 2.28. The van der Waals surface area contributed by atoms with E-state index in [1.54, 1.807) is 32.2 Å². The molecule has 1 aromatic heterocycles. The molecule has 0 spiro atoms. The molecule has 2 heterocycles. The lowest BCUT2D eigenvalue weighted by atomic mass is 10.0. The molecule has 0 amide bonds. The molecule has 148 valence electrons. The van der Waals surface area contributed by atoms with Crippen molar-refractivity contribution in [3.05, 3.63) is 75.8 Å². The number of phenolic OH excluding ortho intramolecular Hbond substituents is 1. The SMILES string of the molecule is COc1ccc(O)c(C2CC(c3c(O)cc(C)oc3=O)=Nc3ccccc3S2)c1. The molecular weight excluding hydrogens is 390 g/mol. The number of aryl methyl sites for hydroxylation is 1. The first-order valence-electron chi connectivity index (χ1n) is 9.00. The molecular formula is C22H19NO5S. The first-order valence-corrected chi connectivity index (χ1v) is 9.88. The first kappa shape index (κ1) is 19.1. The smallest absolute Gasteiger partial charge is 0.348 e. The minimum Gasteiger partial charge on any atom is -0.508 e. The number of aliphatic imine (C=N–C) groups is 1. The summed E-state index contributed by atoms with van der Waals surface area (Å²) >= 11 is 1.53. The minimum absolute atomic E-state index is 0.0419. The lowest BCUT2D eigenvalue weighted by Crippen LogP contribution is -2.17. The fraction of sp³-hybridized carbons (Fsp3) is 0.182. The van der Waals surface area contributed by atoms with Crippen LogP contribution in [-0.2, 0) is 0 Å². The number of benzene rings is 2. The molecule has 0 saturated heterocycles. The molecule has 0 fully saturated rings. The molecule has 2 aromatic carbocycles. The maximum absolute atomic E-state index is 12.5. The molecule has 1 atom stereocenters. The molecule has 1 unspecified atom stereocenters. The van der Waals surface area contributed by atoms with Crippen LogP contribution in [0.25, 0.3) is 0 Å². The number of phenols is 1. The van der Waals surface area contributed by atoms with Crippen molar-refractivity contribution in [2.24, 2.45) is 4.99 Å². The second-order valence-electron chi connectivity index (χ2n) is 6.67. The number of para-hydroxylation sites is 1. The Morgan fingerprint density at radius 1 is 1.14 bits per heavy atom. The average Bonchev–Trinajstić information content (AvgIpc) is 2.87. The monoisotopic (exact) mass is 409 g/mol. The summed E-state index contributed by atoms with van der Waals surface area (Å²) < 4.78 is 10.5. The van der Waals surface area contributed by atoms with E-state index in [9.17, 15) is 15.0 Å². The van der Waals surface area contributed by atoms with Gasteiger partial charge in [0.2, 0.25) is 0 Å². The Morgan fingerprint density at radius 2 is 1.93 bits per heavy atom. The summed E-state index contributed by atoms with van der Waals surface area (Å²) in [4.78, 5) is 18.1. The van der Waals surface area contributed by atoms with Crippen LogP contribution in [0.2, 0.25) is 0 Å². The summed E-state index contributed by atoms with van der Waals surface area (Å²) in [5, 5.41) is 20.7. The van der Waals surface area contributed by atoms with E-state index in [0.717, 1.165) is 4.90 Å². The number of aromatic hydroxyl groups is 2. The first-order chi connectivity index (χ1) is 14.0. The zero-order valence-corrected chi connectivity index (χ0v) is 16.7. The van der Waals surface area contributed by atoms with Crippen LogP contribution < -0.4 is 10.4 Å². The van der Waals surface area contributed by atoms with Gasteiger partial charge in [-0.3, -0.25) is 4.99 Å². The molecule has 3 aromatic rings. The van der Waals surface area contributed by atoms with Crippen molar-refractivity contribution in [2.45, 2.75) is 23.5 Å². The highest BCUT2D eigenvalue weighted by Crippen LogP contribution is 2.48. The van der Waals surface area contributed by atoms with Crippen molar-refractivity contribution in [2.75, 3.05) is 7.11 Å². The number of thioether (sulfide) groups is 1. The third kappa shape index (κ3) is 3.73. The minimum atomic E-state index is -0.640. The Morgan fingerprint density at radius 3 is 2.69 bits per heavy atom. The predicted molar refractivity (Wildman–Crippen MR) is 112 cm³/mol. The van der Waals surface area contributed by atoms with Gasteiger partial charge in [0.15, 0.2) is 0 Å². The largest absolute Gasteiger partial charge is 0.508 e. The van der Waals surface area contributed by atoms with Crippen molar-refractivity contribution in [1.29, 1.82) is 0 Å². The normalized spacial score (nSPS) is 15.9. The van der Waals surface area contributed by atoms with Gasteiger partial charge in [0, 0.05) is 28.2 Å². The fourth-order valence-corrected chi connectivity index (χ4v) is 4.58.